The first-order valence-corrected chi connectivity index (χ1v) is 8.79. The molecule has 2 heterocycles. The largest absolute Gasteiger partial charge is 0.380 e. The minimum Gasteiger partial charge on any atom is -0.380 e. The van der Waals surface area contributed by atoms with Crippen molar-refractivity contribution < 1.29 is 14.3 Å². The molecule has 2 saturated heterocycles. The molecule has 134 valence electrons. The van der Waals surface area contributed by atoms with Gasteiger partial charge in [-0.05, 0) is 30.0 Å². The Balaban J connectivity index is 1.74. The van der Waals surface area contributed by atoms with Crippen LogP contribution in [0.1, 0.15) is 29.3 Å². The summed E-state index contributed by atoms with van der Waals surface area (Å²) >= 11 is 0. The Labute approximate surface area is 149 Å². The van der Waals surface area contributed by atoms with Crippen LogP contribution in [-0.4, -0.2) is 54.9 Å². The smallest absolute Gasteiger partial charge is 0.253 e. The number of rotatable bonds is 5. The summed E-state index contributed by atoms with van der Waals surface area (Å²) in [5.41, 5.74) is 1.28. The molecule has 1 aromatic rings. The lowest BCUT2D eigenvalue weighted by molar-refractivity contribution is -0.136. The Hall–Kier alpha value is -2.14. The van der Waals surface area contributed by atoms with Crippen molar-refractivity contribution in [2.24, 2.45) is 11.3 Å². The van der Waals surface area contributed by atoms with Gasteiger partial charge < -0.3 is 14.5 Å². The molecule has 2 aliphatic rings. The van der Waals surface area contributed by atoms with Gasteiger partial charge in [0.25, 0.3) is 5.91 Å². The van der Waals surface area contributed by atoms with Crippen LogP contribution in [0.3, 0.4) is 0 Å². The van der Waals surface area contributed by atoms with Gasteiger partial charge in [-0.15, -0.1) is 6.58 Å². The second kappa shape index (κ2) is 7.00. The van der Waals surface area contributed by atoms with Gasteiger partial charge in [0.1, 0.15) is 0 Å². The van der Waals surface area contributed by atoms with Crippen molar-refractivity contribution in [1.29, 1.82) is 0 Å². The van der Waals surface area contributed by atoms with E-state index in [-0.39, 0.29) is 17.7 Å². The second-order valence-corrected chi connectivity index (χ2v) is 7.16. The molecule has 0 unspecified atom stereocenters. The van der Waals surface area contributed by atoms with E-state index in [1.54, 1.807) is 13.2 Å². The van der Waals surface area contributed by atoms with Gasteiger partial charge in [-0.25, -0.2) is 0 Å². The highest BCUT2D eigenvalue weighted by atomic mass is 16.5. The molecule has 2 aliphatic heterocycles. The maximum absolute atomic E-state index is 12.9. The summed E-state index contributed by atoms with van der Waals surface area (Å²) in [6.45, 7) is 8.83. The van der Waals surface area contributed by atoms with Crippen molar-refractivity contribution in [2.45, 2.75) is 20.0 Å². The second-order valence-electron chi connectivity index (χ2n) is 7.16. The van der Waals surface area contributed by atoms with Gasteiger partial charge in [0, 0.05) is 38.9 Å². The lowest BCUT2D eigenvalue weighted by atomic mass is 9.78. The van der Waals surface area contributed by atoms with Gasteiger partial charge in [0.15, 0.2) is 0 Å². The van der Waals surface area contributed by atoms with Crippen LogP contribution in [0.25, 0.3) is 0 Å². The van der Waals surface area contributed by atoms with Crippen LogP contribution in [0.4, 0.5) is 0 Å². The van der Waals surface area contributed by atoms with E-state index < -0.39 is 5.41 Å². The molecular formula is C20H26N2O3. The number of hydrogen-bond acceptors (Lipinski definition) is 3. The van der Waals surface area contributed by atoms with Crippen LogP contribution < -0.4 is 0 Å². The minimum atomic E-state index is -0.422. The molecule has 0 aromatic heterocycles. The van der Waals surface area contributed by atoms with Crippen LogP contribution in [0.5, 0.6) is 0 Å². The van der Waals surface area contributed by atoms with Gasteiger partial charge >= 0.3 is 0 Å². The first-order chi connectivity index (χ1) is 12.0. The Morgan fingerprint density at radius 2 is 2.12 bits per heavy atom. The molecule has 0 radical (unpaired) electrons. The molecule has 5 nitrogen and oxygen atoms in total. The Kier molecular flexibility index (Phi) is 4.95. The monoisotopic (exact) mass is 342 g/mol. The van der Waals surface area contributed by atoms with Gasteiger partial charge in [0.05, 0.1) is 12.0 Å². The summed E-state index contributed by atoms with van der Waals surface area (Å²) in [5, 5.41) is 0. The summed E-state index contributed by atoms with van der Waals surface area (Å²) in [6.07, 6.45) is 2.58. The molecular weight excluding hydrogens is 316 g/mol. The quantitative estimate of drug-likeness (QED) is 0.772. The van der Waals surface area contributed by atoms with Crippen molar-refractivity contribution in [3.63, 3.8) is 0 Å². The number of methoxy groups -OCH3 is 1. The number of nitrogens with zero attached hydrogens (tertiary/aromatic N) is 2. The normalized spacial score (nSPS) is 25.8. The van der Waals surface area contributed by atoms with Crippen molar-refractivity contribution in [1.82, 2.24) is 9.80 Å². The summed E-state index contributed by atoms with van der Waals surface area (Å²) in [5.74, 6) is 0.347. The zero-order valence-electron chi connectivity index (χ0n) is 15.0. The fraction of sp³-hybridized carbons (Fsp3) is 0.500. The van der Waals surface area contributed by atoms with E-state index in [0.29, 0.717) is 31.8 Å². The lowest BCUT2D eigenvalue weighted by Crippen LogP contribution is -2.40. The Morgan fingerprint density at radius 1 is 1.40 bits per heavy atom. The van der Waals surface area contributed by atoms with Gasteiger partial charge in [-0.2, -0.15) is 0 Å². The van der Waals surface area contributed by atoms with Gasteiger partial charge in [-0.3, -0.25) is 9.59 Å². The number of likely N-dealkylation sites (tertiary alicyclic amines) is 2. The van der Waals surface area contributed by atoms with Crippen molar-refractivity contribution in [3.05, 3.63) is 48.0 Å². The maximum atomic E-state index is 12.9. The zero-order chi connectivity index (χ0) is 18.0. The van der Waals surface area contributed by atoms with Crippen LogP contribution in [0, 0.1) is 11.3 Å². The molecule has 0 bridgehead atoms. The SMILES string of the molecule is C=CCN1CC[C@]2(CN(C(=O)c3ccc(COC)cc3)C[C@H]2C)C1=O. The Morgan fingerprint density at radius 3 is 2.76 bits per heavy atom. The zero-order valence-corrected chi connectivity index (χ0v) is 15.0. The van der Waals surface area contributed by atoms with Crippen LogP contribution in [-0.2, 0) is 16.1 Å². The van der Waals surface area contributed by atoms with Gasteiger partial charge in [0.2, 0.25) is 5.91 Å². The molecule has 2 amide bonds. The van der Waals surface area contributed by atoms with Crippen LogP contribution in [0.15, 0.2) is 36.9 Å². The van der Waals surface area contributed by atoms with E-state index in [0.717, 1.165) is 18.5 Å². The van der Waals surface area contributed by atoms with Crippen molar-refractivity contribution in [3.8, 4) is 0 Å². The first-order valence-electron chi connectivity index (χ1n) is 8.79. The highest BCUT2D eigenvalue weighted by Gasteiger charge is 2.55. The maximum Gasteiger partial charge on any atom is 0.253 e. The average molecular weight is 342 g/mol. The van der Waals surface area contributed by atoms with E-state index in [4.69, 9.17) is 4.74 Å². The molecule has 3 rings (SSSR count). The average Bonchev–Trinajstić information content (AvgIpc) is 3.11. The van der Waals surface area contributed by atoms with E-state index in [1.165, 1.54) is 0 Å². The van der Waals surface area contributed by atoms with Crippen LogP contribution in [0.2, 0.25) is 0 Å². The molecule has 1 spiro atoms. The Bertz CT molecular complexity index is 670. The number of carbonyl (C=O) groups is 2. The predicted octanol–water partition coefficient (Wildman–Crippen LogP) is 2.33. The highest BCUT2D eigenvalue weighted by molar-refractivity contribution is 5.96. The first kappa shape index (κ1) is 17.7. The third-order valence-corrected chi connectivity index (χ3v) is 5.60. The molecule has 2 atom stereocenters. The van der Waals surface area contributed by atoms with Crippen LogP contribution >= 0.6 is 0 Å². The van der Waals surface area contributed by atoms with E-state index in [1.807, 2.05) is 34.1 Å². The molecule has 0 aliphatic carbocycles. The fourth-order valence-corrected chi connectivity index (χ4v) is 4.11. The number of amides is 2. The standard InChI is InChI=1S/C20H26N2O3/c1-4-10-21-11-9-20(19(21)24)14-22(12-15(20)2)18(23)17-7-5-16(6-8-17)13-25-3/h4-8,15H,1,9-14H2,2-3H3/t15-,20-/m1/s1. The molecule has 1 aromatic carbocycles. The molecule has 5 heteroatoms. The van der Waals surface area contributed by atoms with E-state index >= 15 is 0 Å². The molecule has 2 fully saturated rings. The van der Waals surface area contributed by atoms with Gasteiger partial charge in [-0.1, -0.05) is 25.1 Å². The third-order valence-electron chi connectivity index (χ3n) is 5.60. The third kappa shape index (κ3) is 3.09. The highest BCUT2D eigenvalue weighted by Crippen LogP contribution is 2.44. The van der Waals surface area contributed by atoms with Crippen molar-refractivity contribution in [2.75, 3.05) is 33.3 Å². The molecule has 0 N–H and O–H groups in total. The number of benzene rings is 1. The number of ether oxygens (including phenoxy) is 1. The summed E-state index contributed by atoms with van der Waals surface area (Å²) in [7, 11) is 1.65. The van der Waals surface area contributed by atoms with E-state index in [2.05, 4.69) is 13.5 Å². The summed E-state index contributed by atoms with van der Waals surface area (Å²) in [4.78, 5) is 29.4. The fourth-order valence-electron chi connectivity index (χ4n) is 4.11. The topological polar surface area (TPSA) is 49.9 Å². The molecule has 25 heavy (non-hydrogen) atoms. The lowest BCUT2D eigenvalue weighted by Gasteiger charge is -2.26. The minimum absolute atomic E-state index is 0.00247. The van der Waals surface area contributed by atoms with Crippen molar-refractivity contribution >= 4 is 11.8 Å². The summed E-state index contributed by atoms with van der Waals surface area (Å²) in [6, 6.07) is 7.51. The van der Waals surface area contributed by atoms with E-state index in [9.17, 15) is 9.59 Å². The number of hydrogen-bond donors (Lipinski definition) is 0. The summed E-state index contributed by atoms with van der Waals surface area (Å²) < 4.78 is 5.10. The molecule has 0 saturated carbocycles. The number of carbonyl (C=O) groups excluding carboxylic acids is 2. The predicted molar refractivity (Wildman–Crippen MR) is 96.0 cm³/mol.